The molecule has 2 heterocycles. The molecule has 4 rings (SSSR count). The van der Waals surface area contributed by atoms with Crippen molar-refractivity contribution in [2.24, 2.45) is 5.92 Å². The summed E-state index contributed by atoms with van der Waals surface area (Å²) >= 11 is 1.52. The van der Waals surface area contributed by atoms with Crippen LogP contribution in [0.2, 0.25) is 0 Å². The first-order valence-electron chi connectivity index (χ1n) is 11.7. The van der Waals surface area contributed by atoms with E-state index in [1.165, 1.54) is 11.3 Å². The molecule has 2 amide bonds. The van der Waals surface area contributed by atoms with Crippen LogP contribution in [0.25, 0.3) is 11.1 Å². The van der Waals surface area contributed by atoms with E-state index in [1.807, 2.05) is 62.4 Å². The summed E-state index contributed by atoms with van der Waals surface area (Å²) in [6.07, 6.45) is 0.481. The Morgan fingerprint density at radius 1 is 1.03 bits per heavy atom. The summed E-state index contributed by atoms with van der Waals surface area (Å²) in [5, 5.41) is 7.08. The molecule has 2 aromatic carbocycles. The third-order valence-electron chi connectivity index (χ3n) is 5.58. The normalized spacial score (nSPS) is 13.7. The van der Waals surface area contributed by atoms with Crippen LogP contribution in [0.3, 0.4) is 0 Å². The van der Waals surface area contributed by atoms with Crippen molar-refractivity contribution in [3.63, 3.8) is 0 Å². The molecule has 1 fully saturated rings. The van der Waals surface area contributed by atoms with E-state index in [0.717, 1.165) is 40.5 Å². The molecule has 0 aliphatic carbocycles. The Balaban J connectivity index is 1.47. The Labute approximate surface area is 204 Å². The lowest BCUT2D eigenvalue weighted by atomic mass is 10.1. The molecule has 3 aromatic rings. The predicted octanol–water partition coefficient (Wildman–Crippen LogP) is 5.17. The lowest BCUT2D eigenvalue weighted by Crippen LogP contribution is -2.35. The van der Waals surface area contributed by atoms with Crippen molar-refractivity contribution in [2.75, 3.05) is 36.5 Å². The van der Waals surface area contributed by atoms with Crippen LogP contribution in [0.5, 0.6) is 0 Å². The quantitative estimate of drug-likeness (QED) is 0.470. The minimum Gasteiger partial charge on any atom is -0.378 e. The number of rotatable bonds is 8. The summed E-state index contributed by atoms with van der Waals surface area (Å²) in [5.74, 6) is 0.200. The third-order valence-corrected chi connectivity index (χ3v) is 6.77. The van der Waals surface area contributed by atoms with Crippen LogP contribution in [0.15, 0.2) is 60.7 Å². The molecule has 0 saturated carbocycles. The van der Waals surface area contributed by atoms with Crippen molar-refractivity contribution >= 4 is 33.8 Å². The molecule has 1 saturated heterocycles. The van der Waals surface area contributed by atoms with Crippen molar-refractivity contribution in [1.82, 2.24) is 5.32 Å². The van der Waals surface area contributed by atoms with E-state index in [0.29, 0.717) is 37.0 Å². The number of carbonyl (C=O) groups excluding carboxylic acids is 2. The Morgan fingerprint density at radius 2 is 1.79 bits per heavy atom. The fourth-order valence-corrected chi connectivity index (χ4v) is 5.08. The molecule has 0 unspecified atom stereocenters. The van der Waals surface area contributed by atoms with Crippen LogP contribution in [0, 0.1) is 5.92 Å². The summed E-state index contributed by atoms with van der Waals surface area (Å²) in [6, 6.07) is 19.8. The minimum absolute atomic E-state index is 0.00106. The molecule has 34 heavy (non-hydrogen) atoms. The van der Waals surface area contributed by atoms with Gasteiger partial charge in [0.1, 0.15) is 0 Å². The van der Waals surface area contributed by atoms with Crippen molar-refractivity contribution in [2.45, 2.75) is 26.8 Å². The van der Waals surface area contributed by atoms with E-state index in [9.17, 15) is 9.59 Å². The zero-order valence-electron chi connectivity index (χ0n) is 19.7. The smallest absolute Gasteiger partial charge is 0.261 e. The molecule has 0 spiro atoms. The molecule has 6 nitrogen and oxygen atoms in total. The molecule has 2 N–H and O–H groups in total. The molecule has 7 heteroatoms. The Bertz CT molecular complexity index is 1120. The average molecular weight is 478 g/mol. The third kappa shape index (κ3) is 6.24. The number of carbonyl (C=O) groups is 2. The van der Waals surface area contributed by atoms with Gasteiger partial charge < -0.3 is 20.3 Å². The van der Waals surface area contributed by atoms with Gasteiger partial charge >= 0.3 is 0 Å². The summed E-state index contributed by atoms with van der Waals surface area (Å²) in [4.78, 5) is 28.1. The number of amides is 2. The van der Waals surface area contributed by atoms with Crippen molar-refractivity contribution < 1.29 is 14.3 Å². The molecular weight excluding hydrogens is 446 g/mol. The van der Waals surface area contributed by atoms with Crippen LogP contribution < -0.4 is 15.5 Å². The van der Waals surface area contributed by atoms with Gasteiger partial charge in [0.15, 0.2) is 0 Å². The number of morpholine rings is 1. The molecule has 1 aliphatic heterocycles. The zero-order chi connectivity index (χ0) is 23.9. The predicted molar refractivity (Wildman–Crippen MR) is 138 cm³/mol. The zero-order valence-corrected chi connectivity index (χ0v) is 20.5. The standard InChI is InChI=1S/C27H31N3O3S/c1-19(2)15-25(31)29-22-10-6-7-20(16-22)18-28-26(32)24-17-23(21-8-4-3-5-9-21)27(34-24)30-11-13-33-14-12-30/h3-10,16-17,19H,11-15,18H2,1-2H3,(H,28,32)(H,29,31). The van der Waals surface area contributed by atoms with E-state index in [4.69, 9.17) is 4.74 Å². The number of nitrogens with zero attached hydrogens (tertiary/aromatic N) is 1. The van der Waals surface area contributed by atoms with Crippen LogP contribution in [0.4, 0.5) is 10.7 Å². The summed E-state index contributed by atoms with van der Waals surface area (Å²) in [5.41, 5.74) is 3.86. The number of hydrogen-bond acceptors (Lipinski definition) is 5. The van der Waals surface area contributed by atoms with Gasteiger partial charge in [-0.05, 0) is 35.2 Å². The topological polar surface area (TPSA) is 70.7 Å². The maximum absolute atomic E-state index is 13.1. The first-order valence-corrected chi connectivity index (χ1v) is 12.5. The second kappa shape index (κ2) is 11.3. The van der Waals surface area contributed by atoms with Gasteiger partial charge in [-0.2, -0.15) is 0 Å². The highest BCUT2D eigenvalue weighted by Crippen LogP contribution is 2.39. The summed E-state index contributed by atoms with van der Waals surface area (Å²) in [6.45, 7) is 7.44. The van der Waals surface area contributed by atoms with E-state index in [2.05, 4.69) is 27.7 Å². The van der Waals surface area contributed by atoms with Gasteiger partial charge in [0.25, 0.3) is 5.91 Å². The van der Waals surface area contributed by atoms with Gasteiger partial charge in [-0.3, -0.25) is 9.59 Å². The molecule has 178 valence electrons. The maximum atomic E-state index is 13.1. The van der Waals surface area contributed by atoms with Crippen LogP contribution in [0.1, 0.15) is 35.5 Å². The maximum Gasteiger partial charge on any atom is 0.261 e. The summed E-state index contributed by atoms with van der Waals surface area (Å²) < 4.78 is 5.52. The number of hydrogen-bond donors (Lipinski definition) is 2. The van der Waals surface area contributed by atoms with Gasteiger partial charge in [0.2, 0.25) is 5.91 Å². The van der Waals surface area contributed by atoms with Gasteiger partial charge in [0.05, 0.1) is 23.1 Å². The molecule has 1 aromatic heterocycles. The lowest BCUT2D eigenvalue weighted by Gasteiger charge is -2.28. The van der Waals surface area contributed by atoms with E-state index in [1.54, 1.807) is 0 Å². The van der Waals surface area contributed by atoms with Crippen LogP contribution in [-0.4, -0.2) is 38.1 Å². The number of anilines is 2. The molecule has 0 bridgehead atoms. The van der Waals surface area contributed by atoms with Gasteiger partial charge in [-0.15, -0.1) is 11.3 Å². The van der Waals surface area contributed by atoms with Crippen LogP contribution in [-0.2, 0) is 16.1 Å². The second-order valence-electron chi connectivity index (χ2n) is 8.82. The Kier molecular flexibility index (Phi) is 7.98. The fraction of sp³-hybridized carbons (Fsp3) is 0.333. The highest BCUT2D eigenvalue weighted by molar-refractivity contribution is 7.18. The van der Waals surface area contributed by atoms with Crippen molar-refractivity contribution in [3.05, 3.63) is 71.1 Å². The van der Waals surface area contributed by atoms with Crippen molar-refractivity contribution in [1.29, 1.82) is 0 Å². The molecule has 1 aliphatic rings. The van der Waals surface area contributed by atoms with Crippen LogP contribution >= 0.6 is 11.3 Å². The Hall–Kier alpha value is -3.16. The highest BCUT2D eigenvalue weighted by atomic mass is 32.1. The van der Waals surface area contributed by atoms with E-state index in [-0.39, 0.29) is 11.8 Å². The molecule has 0 atom stereocenters. The van der Waals surface area contributed by atoms with E-state index >= 15 is 0 Å². The molecular formula is C27H31N3O3S. The number of thiophene rings is 1. The average Bonchev–Trinajstić information content (AvgIpc) is 3.29. The SMILES string of the molecule is CC(C)CC(=O)Nc1cccc(CNC(=O)c2cc(-c3ccccc3)c(N3CCOCC3)s2)c1. The number of benzene rings is 2. The first-order chi connectivity index (χ1) is 16.5. The molecule has 0 radical (unpaired) electrons. The fourth-order valence-electron chi connectivity index (χ4n) is 3.93. The highest BCUT2D eigenvalue weighted by Gasteiger charge is 2.22. The minimum atomic E-state index is -0.101. The summed E-state index contributed by atoms with van der Waals surface area (Å²) in [7, 11) is 0. The lowest BCUT2D eigenvalue weighted by molar-refractivity contribution is -0.116. The van der Waals surface area contributed by atoms with Gasteiger partial charge in [-0.1, -0.05) is 56.3 Å². The van der Waals surface area contributed by atoms with Gasteiger partial charge in [0, 0.05) is 37.3 Å². The van der Waals surface area contributed by atoms with Crippen molar-refractivity contribution in [3.8, 4) is 11.1 Å². The van der Waals surface area contributed by atoms with E-state index < -0.39 is 0 Å². The monoisotopic (exact) mass is 477 g/mol. The Morgan fingerprint density at radius 3 is 2.53 bits per heavy atom. The largest absolute Gasteiger partial charge is 0.378 e. The second-order valence-corrected chi connectivity index (χ2v) is 9.85. The number of ether oxygens (including phenoxy) is 1. The number of nitrogens with one attached hydrogen (secondary N) is 2. The first kappa shape index (κ1) is 24.0. The van der Waals surface area contributed by atoms with Gasteiger partial charge in [-0.25, -0.2) is 0 Å².